The molecule has 0 atom stereocenters. The number of nitro groups is 1. The number of rotatable bonds is 4. The maximum absolute atomic E-state index is 11.1. The molecular formula is C14H10ClNO5. The number of non-ortho nitro benzene ring substituents is 1. The van der Waals surface area contributed by atoms with Gasteiger partial charge < -0.3 is 9.84 Å². The molecule has 0 bridgehead atoms. The van der Waals surface area contributed by atoms with Crippen molar-refractivity contribution in [1.82, 2.24) is 0 Å². The van der Waals surface area contributed by atoms with E-state index in [-0.39, 0.29) is 17.0 Å². The van der Waals surface area contributed by atoms with Crippen molar-refractivity contribution >= 4 is 23.3 Å². The molecule has 0 heterocycles. The highest BCUT2D eigenvalue weighted by Crippen LogP contribution is 2.31. The van der Waals surface area contributed by atoms with Crippen molar-refractivity contribution in [3.63, 3.8) is 0 Å². The number of aryl methyl sites for hydroxylation is 1. The van der Waals surface area contributed by atoms with Crippen LogP contribution < -0.4 is 4.74 Å². The Kier molecular flexibility index (Phi) is 4.09. The molecule has 0 aliphatic rings. The fourth-order valence-corrected chi connectivity index (χ4v) is 1.81. The van der Waals surface area contributed by atoms with E-state index >= 15 is 0 Å². The normalized spacial score (nSPS) is 10.2. The Morgan fingerprint density at radius 1 is 1.29 bits per heavy atom. The number of benzene rings is 2. The number of nitro benzene ring substituents is 1. The van der Waals surface area contributed by atoms with Crippen molar-refractivity contribution in [2.75, 3.05) is 0 Å². The van der Waals surface area contributed by atoms with E-state index in [1.54, 1.807) is 25.1 Å². The molecule has 6 nitrogen and oxygen atoms in total. The Labute approximate surface area is 124 Å². The zero-order valence-corrected chi connectivity index (χ0v) is 11.6. The highest BCUT2D eigenvalue weighted by molar-refractivity contribution is 6.31. The number of carbonyl (C=O) groups is 1. The van der Waals surface area contributed by atoms with Crippen LogP contribution in [0.5, 0.6) is 11.5 Å². The third-order valence-electron chi connectivity index (χ3n) is 2.76. The lowest BCUT2D eigenvalue weighted by atomic mass is 10.2. The lowest BCUT2D eigenvalue weighted by Crippen LogP contribution is -2.01. The quantitative estimate of drug-likeness (QED) is 0.680. The van der Waals surface area contributed by atoms with Crippen molar-refractivity contribution in [2.24, 2.45) is 0 Å². The van der Waals surface area contributed by atoms with Gasteiger partial charge in [0, 0.05) is 11.1 Å². The van der Waals surface area contributed by atoms with E-state index in [2.05, 4.69) is 0 Å². The van der Waals surface area contributed by atoms with E-state index in [1.165, 1.54) is 0 Å². The van der Waals surface area contributed by atoms with Gasteiger partial charge in [0.15, 0.2) is 0 Å². The summed E-state index contributed by atoms with van der Waals surface area (Å²) in [6, 6.07) is 8.10. The van der Waals surface area contributed by atoms with Crippen molar-refractivity contribution < 1.29 is 19.6 Å². The number of hydrogen-bond acceptors (Lipinski definition) is 4. The highest BCUT2D eigenvalue weighted by atomic mass is 35.5. The van der Waals surface area contributed by atoms with Gasteiger partial charge in [-0.1, -0.05) is 11.6 Å². The Bertz CT molecular complexity index is 729. The summed E-state index contributed by atoms with van der Waals surface area (Å²) in [4.78, 5) is 21.3. The van der Waals surface area contributed by atoms with Crippen LogP contribution in [-0.4, -0.2) is 16.0 Å². The Balaban J connectivity index is 2.45. The molecule has 0 unspecified atom stereocenters. The number of ether oxygens (including phenoxy) is 1. The largest absolute Gasteiger partial charge is 0.478 e. The second kappa shape index (κ2) is 5.80. The van der Waals surface area contributed by atoms with Gasteiger partial charge in [-0.15, -0.1) is 0 Å². The predicted octanol–water partition coefficient (Wildman–Crippen LogP) is 4.05. The highest BCUT2D eigenvalue weighted by Gasteiger charge is 2.17. The van der Waals surface area contributed by atoms with Crippen LogP contribution in [0.1, 0.15) is 15.9 Å². The van der Waals surface area contributed by atoms with E-state index in [9.17, 15) is 14.9 Å². The van der Waals surface area contributed by atoms with Gasteiger partial charge in [-0.2, -0.15) is 0 Å². The average molecular weight is 308 g/mol. The first-order valence-electron chi connectivity index (χ1n) is 5.84. The standard InChI is InChI=1S/C14H10ClNO5/c1-8-6-10(3-5-12(8)15)21-13-7-9(16(19)20)2-4-11(13)14(17)18/h2-7H,1H3,(H,17,18). The van der Waals surface area contributed by atoms with Gasteiger partial charge in [0.2, 0.25) is 0 Å². The van der Waals surface area contributed by atoms with E-state index in [4.69, 9.17) is 21.4 Å². The first-order chi connectivity index (χ1) is 9.88. The fraction of sp³-hybridized carbons (Fsp3) is 0.0714. The molecule has 2 aromatic carbocycles. The van der Waals surface area contributed by atoms with Crippen LogP contribution >= 0.6 is 11.6 Å². The lowest BCUT2D eigenvalue weighted by Gasteiger charge is -2.09. The SMILES string of the molecule is Cc1cc(Oc2cc([N+](=O)[O-])ccc2C(=O)O)ccc1Cl. The molecule has 2 aromatic rings. The van der Waals surface area contributed by atoms with Crippen LogP contribution in [0.3, 0.4) is 0 Å². The number of carboxylic acid groups (broad SMARTS) is 1. The summed E-state index contributed by atoms with van der Waals surface area (Å²) < 4.78 is 5.45. The molecule has 0 saturated heterocycles. The molecule has 0 aromatic heterocycles. The summed E-state index contributed by atoms with van der Waals surface area (Å²) in [6.07, 6.45) is 0. The molecular weight excluding hydrogens is 298 g/mol. The molecule has 7 heteroatoms. The van der Waals surface area contributed by atoms with Crippen molar-refractivity contribution in [3.8, 4) is 11.5 Å². The number of halogens is 1. The summed E-state index contributed by atoms with van der Waals surface area (Å²) in [5, 5.41) is 20.4. The molecule has 108 valence electrons. The minimum Gasteiger partial charge on any atom is -0.478 e. The summed E-state index contributed by atoms with van der Waals surface area (Å²) in [5.74, 6) is -0.982. The van der Waals surface area contributed by atoms with Crippen LogP contribution in [-0.2, 0) is 0 Å². The molecule has 0 fully saturated rings. The molecule has 1 N–H and O–H groups in total. The number of hydrogen-bond donors (Lipinski definition) is 1. The van der Waals surface area contributed by atoms with Gasteiger partial charge >= 0.3 is 5.97 Å². The van der Waals surface area contributed by atoms with Crippen molar-refractivity contribution in [2.45, 2.75) is 6.92 Å². The number of aromatic carboxylic acids is 1. The minimum absolute atomic E-state index is 0.0987. The summed E-state index contributed by atoms with van der Waals surface area (Å²) in [5.41, 5.74) is 0.338. The van der Waals surface area contributed by atoms with Gasteiger partial charge in [-0.3, -0.25) is 10.1 Å². The van der Waals surface area contributed by atoms with E-state index in [1.807, 2.05) is 0 Å². The first kappa shape index (κ1) is 14.8. The Morgan fingerprint density at radius 3 is 2.57 bits per heavy atom. The van der Waals surface area contributed by atoms with E-state index in [0.717, 1.165) is 23.8 Å². The van der Waals surface area contributed by atoms with Gasteiger partial charge in [0.05, 0.1) is 11.0 Å². The van der Waals surface area contributed by atoms with Gasteiger partial charge in [-0.25, -0.2) is 4.79 Å². The molecule has 0 aliphatic heterocycles. The molecule has 0 radical (unpaired) electrons. The number of carboxylic acids is 1. The molecule has 0 amide bonds. The average Bonchev–Trinajstić information content (AvgIpc) is 2.42. The monoisotopic (exact) mass is 307 g/mol. The molecule has 21 heavy (non-hydrogen) atoms. The molecule has 0 saturated carbocycles. The summed E-state index contributed by atoms with van der Waals surface area (Å²) in [7, 11) is 0. The molecule has 0 aliphatic carbocycles. The van der Waals surface area contributed by atoms with Crippen LogP contribution in [0.2, 0.25) is 5.02 Å². The maximum atomic E-state index is 11.1. The third-order valence-corrected chi connectivity index (χ3v) is 3.19. The minimum atomic E-state index is -1.23. The smallest absolute Gasteiger partial charge is 0.339 e. The van der Waals surface area contributed by atoms with Crippen LogP contribution in [0.4, 0.5) is 5.69 Å². The zero-order valence-electron chi connectivity index (χ0n) is 10.9. The van der Waals surface area contributed by atoms with E-state index < -0.39 is 10.9 Å². The number of nitrogens with zero attached hydrogens (tertiary/aromatic N) is 1. The van der Waals surface area contributed by atoms with E-state index in [0.29, 0.717) is 10.8 Å². The zero-order chi connectivity index (χ0) is 15.6. The summed E-state index contributed by atoms with van der Waals surface area (Å²) >= 11 is 5.89. The third kappa shape index (κ3) is 3.29. The van der Waals surface area contributed by atoms with Crippen LogP contribution in [0.25, 0.3) is 0 Å². The van der Waals surface area contributed by atoms with Gasteiger partial charge in [0.25, 0.3) is 5.69 Å². The van der Waals surface area contributed by atoms with Gasteiger partial charge in [0.1, 0.15) is 17.1 Å². The van der Waals surface area contributed by atoms with Crippen LogP contribution in [0.15, 0.2) is 36.4 Å². The maximum Gasteiger partial charge on any atom is 0.339 e. The van der Waals surface area contributed by atoms with Gasteiger partial charge in [-0.05, 0) is 36.8 Å². The molecule has 0 spiro atoms. The fourth-order valence-electron chi connectivity index (χ4n) is 1.69. The Hall–Kier alpha value is -2.60. The van der Waals surface area contributed by atoms with Crippen LogP contribution in [0, 0.1) is 17.0 Å². The Morgan fingerprint density at radius 2 is 2.00 bits per heavy atom. The first-order valence-corrected chi connectivity index (χ1v) is 6.22. The van der Waals surface area contributed by atoms with Crippen molar-refractivity contribution in [1.29, 1.82) is 0 Å². The second-order valence-corrected chi connectivity index (χ2v) is 4.66. The van der Waals surface area contributed by atoms with Crippen molar-refractivity contribution in [3.05, 3.63) is 62.7 Å². The predicted molar refractivity (Wildman–Crippen MR) is 76.3 cm³/mol. The summed E-state index contributed by atoms with van der Waals surface area (Å²) in [6.45, 7) is 1.76. The topological polar surface area (TPSA) is 89.7 Å². The lowest BCUT2D eigenvalue weighted by molar-refractivity contribution is -0.384. The second-order valence-electron chi connectivity index (χ2n) is 4.26. The molecule has 2 rings (SSSR count).